The van der Waals surface area contributed by atoms with Gasteiger partial charge in [0.1, 0.15) is 5.82 Å². The van der Waals surface area contributed by atoms with Crippen molar-refractivity contribution in [2.75, 3.05) is 11.1 Å². The first-order valence-corrected chi connectivity index (χ1v) is 5.61. The van der Waals surface area contributed by atoms with E-state index >= 15 is 0 Å². The lowest BCUT2D eigenvalue weighted by molar-refractivity contribution is 0.0241. The molecule has 0 heterocycles. The highest BCUT2D eigenvalue weighted by Gasteiger charge is 2.35. The van der Waals surface area contributed by atoms with Crippen LogP contribution in [0.25, 0.3) is 0 Å². The largest absolute Gasteiger partial charge is 0.397 e. The van der Waals surface area contributed by atoms with Crippen LogP contribution in [0.5, 0.6) is 0 Å². The van der Waals surface area contributed by atoms with E-state index in [-0.39, 0.29) is 5.82 Å². The van der Waals surface area contributed by atoms with E-state index in [0.717, 1.165) is 0 Å². The topological polar surface area (TPSA) is 58.3 Å². The number of anilines is 2. The van der Waals surface area contributed by atoms with E-state index in [1.807, 2.05) is 13.8 Å². The Balaban J connectivity index is 3.08. The Morgan fingerprint density at radius 2 is 1.76 bits per heavy atom. The Hall–Kier alpha value is -1.29. The summed E-state index contributed by atoms with van der Waals surface area (Å²) in [5.74, 6) is -0.325. The number of hydrogen-bond acceptors (Lipinski definition) is 3. The predicted octanol–water partition coefficient (Wildman–Crippen LogP) is 2.68. The molecule has 1 rings (SSSR count). The fourth-order valence-corrected chi connectivity index (χ4v) is 1.29. The van der Waals surface area contributed by atoms with Gasteiger partial charge < -0.3 is 16.2 Å². The normalized spacial score (nSPS) is 12.6. The monoisotopic (exact) mass is 240 g/mol. The Morgan fingerprint density at radius 1 is 1.24 bits per heavy atom. The van der Waals surface area contributed by atoms with Gasteiger partial charge >= 0.3 is 0 Å². The van der Waals surface area contributed by atoms with Gasteiger partial charge in [0.05, 0.1) is 22.5 Å². The highest BCUT2D eigenvalue weighted by atomic mass is 19.1. The molecule has 4 N–H and O–H groups in total. The Morgan fingerprint density at radius 3 is 2.24 bits per heavy atom. The van der Waals surface area contributed by atoms with E-state index in [0.29, 0.717) is 16.9 Å². The number of halogens is 1. The molecule has 0 saturated carbocycles. The molecule has 0 amide bonds. The van der Waals surface area contributed by atoms with Gasteiger partial charge in [0.15, 0.2) is 0 Å². The number of benzene rings is 1. The highest BCUT2D eigenvalue weighted by molar-refractivity contribution is 5.68. The minimum atomic E-state index is -0.929. The molecule has 0 aliphatic carbocycles. The quantitative estimate of drug-likeness (QED) is 0.712. The van der Waals surface area contributed by atoms with Crippen molar-refractivity contribution >= 4 is 11.4 Å². The molecule has 17 heavy (non-hydrogen) atoms. The van der Waals surface area contributed by atoms with E-state index < -0.39 is 11.1 Å². The fourth-order valence-electron chi connectivity index (χ4n) is 1.29. The van der Waals surface area contributed by atoms with Gasteiger partial charge in [-0.2, -0.15) is 0 Å². The summed E-state index contributed by atoms with van der Waals surface area (Å²) in [7, 11) is 0. The van der Waals surface area contributed by atoms with Crippen LogP contribution >= 0.6 is 0 Å². The van der Waals surface area contributed by atoms with Crippen molar-refractivity contribution in [2.24, 2.45) is 0 Å². The average Bonchev–Trinajstić information content (AvgIpc) is 2.12. The molecule has 3 nitrogen and oxygen atoms in total. The summed E-state index contributed by atoms with van der Waals surface area (Å²) in [5, 5.41) is 13.2. The molecule has 0 aliphatic rings. The second-order valence-electron chi connectivity index (χ2n) is 5.50. The summed E-state index contributed by atoms with van der Waals surface area (Å²) in [6.45, 7) is 8.84. The van der Waals surface area contributed by atoms with E-state index in [2.05, 4.69) is 5.32 Å². The lowest BCUT2D eigenvalue weighted by atomic mass is 9.85. The van der Waals surface area contributed by atoms with Crippen molar-refractivity contribution in [3.63, 3.8) is 0 Å². The molecule has 0 bridgehead atoms. The summed E-state index contributed by atoms with van der Waals surface area (Å²) in [6.07, 6.45) is 0. The van der Waals surface area contributed by atoms with Gasteiger partial charge in [-0.25, -0.2) is 4.39 Å². The molecule has 0 unspecified atom stereocenters. The van der Waals surface area contributed by atoms with E-state index in [1.165, 1.54) is 6.07 Å². The predicted molar refractivity (Wildman–Crippen MR) is 69.5 cm³/mol. The van der Waals surface area contributed by atoms with Crippen molar-refractivity contribution in [3.8, 4) is 0 Å². The second-order valence-corrected chi connectivity index (χ2v) is 5.50. The summed E-state index contributed by atoms with van der Waals surface area (Å²) in [4.78, 5) is 0. The average molecular weight is 240 g/mol. The third-order valence-electron chi connectivity index (χ3n) is 3.31. The molecule has 1 aromatic carbocycles. The minimum Gasteiger partial charge on any atom is -0.397 e. The van der Waals surface area contributed by atoms with E-state index in [1.54, 1.807) is 26.8 Å². The van der Waals surface area contributed by atoms with Crippen LogP contribution in [-0.2, 0) is 0 Å². The number of hydrogen-bond donors (Lipinski definition) is 3. The SMILES string of the molecule is Cc1cc(NC(C)(C)C(C)(C)O)c(N)cc1F. The maximum atomic E-state index is 13.3. The third-order valence-corrected chi connectivity index (χ3v) is 3.31. The van der Waals surface area contributed by atoms with Crippen LogP contribution in [0.15, 0.2) is 12.1 Å². The molecule has 96 valence electrons. The Bertz CT molecular complexity index is 422. The maximum Gasteiger partial charge on any atom is 0.128 e. The molecule has 0 saturated heterocycles. The Kier molecular flexibility index (Phi) is 3.39. The van der Waals surface area contributed by atoms with Crippen molar-refractivity contribution in [3.05, 3.63) is 23.5 Å². The minimum absolute atomic E-state index is 0.325. The number of nitrogens with one attached hydrogen (secondary N) is 1. The van der Waals surface area contributed by atoms with Crippen LogP contribution in [0.4, 0.5) is 15.8 Å². The van der Waals surface area contributed by atoms with E-state index in [4.69, 9.17) is 5.73 Å². The van der Waals surface area contributed by atoms with Gasteiger partial charge in [0.2, 0.25) is 0 Å². The van der Waals surface area contributed by atoms with Gasteiger partial charge in [-0.15, -0.1) is 0 Å². The number of aliphatic hydroxyl groups is 1. The molecule has 0 atom stereocenters. The van der Waals surface area contributed by atoms with Crippen LogP contribution < -0.4 is 11.1 Å². The molecule has 0 radical (unpaired) electrons. The number of nitrogens with two attached hydrogens (primary N) is 1. The molecule has 0 aliphatic heterocycles. The molecule has 0 fully saturated rings. The van der Waals surface area contributed by atoms with Crippen LogP contribution in [0.2, 0.25) is 0 Å². The first-order valence-electron chi connectivity index (χ1n) is 5.61. The summed E-state index contributed by atoms with van der Waals surface area (Å²) < 4.78 is 13.3. The zero-order chi connectivity index (χ0) is 13.4. The van der Waals surface area contributed by atoms with Crippen LogP contribution in [0.1, 0.15) is 33.3 Å². The molecular formula is C13H21FN2O. The van der Waals surface area contributed by atoms with Crippen molar-refractivity contribution in [2.45, 2.75) is 45.8 Å². The fraction of sp³-hybridized carbons (Fsp3) is 0.538. The molecule has 1 aromatic rings. The third kappa shape index (κ3) is 2.88. The van der Waals surface area contributed by atoms with Gasteiger partial charge in [-0.1, -0.05) is 0 Å². The van der Waals surface area contributed by atoms with Gasteiger partial charge in [-0.3, -0.25) is 0 Å². The summed E-state index contributed by atoms with van der Waals surface area (Å²) in [5.41, 5.74) is 5.74. The number of nitrogen functional groups attached to an aromatic ring is 1. The first-order chi connectivity index (χ1) is 7.54. The van der Waals surface area contributed by atoms with Crippen molar-refractivity contribution < 1.29 is 9.50 Å². The summed E-state index contributed by atoms with van der Waals surface area (Å²) >= 11 is 0. The standard InChI is InChI=1S/C13H21FN2O/c1-8-6-11(10(15)7-9(8)14)16-12(2,3)13(4,5)17/h6-7,16-17H,15H2,1-5H3. The van der Waals surface area contributed by atoms with Gasteiger partial charge in [0, 0.05) is 0 Å². The molecule has 4 heteroatoms. The maximum absolute atomic E-state index is 13.3. The zero-order valence-corrected chi connectivity index (χ0v) is 11.1. The first kappa shape index (κ1) is 13.8. The van der Waals surface area contributed by atoms with E-state index in [9.17, 15) is 9.50 Å². The molecule has 0 aromatic heterocycles. The highest BCUT2D eigenvalue weighted by Crippen LogP contribution is 2.30. The van der Waals surface area contributed by atoms with Crippen molar-refractivity contribution in [1.82, 2.24) is 0 Å². The van der Waals surface area contributed by atoms with Crippen molar-refractivity contribution in [1.29, 1.82) is 0 Å². The summed E-state index contributed by atoms with van der Waals surface area (Å²) in [6, 6.07) is 2.94. The lowest BCUT2D eigenvalue weighted by Gasteiger charge is -2.39. The number of aryl methyl sites for hydroxylation is 1. The van der Waals surface area contributed by atoms with Crippen LogP contribution in [0.3, 0.4) is 0 Å². The lowest BCUT2D eigenvalue weighted by Crippen LogP contribution is -2.51. The van der Waals surface area contributed by atoms with Gasteiger partial charge in [-0.05, 0) is 52.3 Å². The zero-order valence-electron chi connectivity index (χ0n) is 11.1. The van der Waals surface area contributed by atoms with Gasteiger partial charge in [0.25, 0.3) is 0 Å². The smallest absolute Gasteiger partial charge is 0.128 e. The number of rotatable bonds is 3. The molecule has 0 spiro atoms. The Labute approximate surface area is 102 Å². The molecular weight excluding hydrogens is 219 g/mol. The van der Waals surface area contributed by atoms with Crippen LogP contribution in [0, 0.1) is 12.7 Å². The second kappa shape index (κ2) is 4.18. The van der Waals surface area contributed by atoms with Crippen LogP contribution in [-0.4, -0.2) is 16.2 Å².